The SMILES string of the molecule is O=C(COC(=O)c1c(Cl)cccc1Cl)NNC(=O)c1ccc(Cl)cc1. The predicted molar refractivity (Wildman–Crippen MR) is 93.8 cm³/mol. The summed E-state index contributed by atoms with van der Waals surface area (Å²) in [5.41, 5.74) is 4.55. The molecule has 0 fully saturated rings. The van der Waals surface area contributed by atoms with Gasteiger partial charge in [-0.3, -0.25) is 20.4 Å². The molecule has 0 bridgehead atoms. The molecule has 0 aliphatic rings. The zero-order valence-electron chi connectivity index (χ0n) is 12.5. The molecule has 0 unspecified atom stereocenters. The fraction of sp³-hybridized carbons (Fsp3) is 0.0625. The molecule has 6 nitrogen and oxygen atoms in total. The lowest BCUT2D eigenvalue weighted by Gasteiger charge is -2.09. The van der Waals surface area contributed by atoms with Crippen molar-refractivity contribution < 1.29 is 19.1 Å². The molecule has 0 aliphatic heterocycles. The summed E-state index contributed by atoms with van der Waals surface area (Å²) in [6, 6.07) is 10.6. The second-order valence-corrected chi connectivity index (χ2v) is 5.93. The van der Waals surface area contributed by atoms with Crippen molar-refractivity contribution in [3.05, 3.63) is 68.7 Å². The van der Waals surface area contributed by atoms with E-state index in [1.807, 2.05) is 0 Å². The van der Waals surface area contributed by atoms with Gasteiger partial charge >= 0.3 is 5.97 Å². The highest BCUT2D eigenvalue weighted by molar-refractivity contribution is 6.39. The second-order valence-electron chi connectivity index (χ2n) is 4.68. The Balaban J connectivity index is 1.83. The zero-order valence-corrected chi connectivity index (χ0v) is 14.8. The van der Waals surface area contributed by atoms with Gasteiger partial charge in [-0.1, -0.05) is 40.9 Å². The zero-order chi connectivity index (χ0) is 18.4. The van der Waals surface area contributed by atoms with Crippen LogP contribution in [-0.2, 0) is 9.53 Å². The van der Waals surface area contributed by atoms with Gasteiger partial charge in [-0.05, 0) is 36.4 Å². The molecule has 2 aromatic rings. The molecule has 2 N–H and O–H groups in total. The molecule has 2 rings (SSSR count). The first-order valence-electron chi connectivity index (χ1n) is 6.84. The summed E-state index contributed by atoms with van der Waals surface area (Å²) >= 11 is 17.5. The maximum absolute atomic E-state index is 11.9. The number of nitrogens with one attached hydrogen (secondary N) is 2. The summed E-state index contributed by atoms with van der Waals surface area (Å²) in [6.45, 7) is -0.624. The molecule has 0 radical (unpaired) electrons. The van der Waals surface area contributed by atoms with Crippen LogP contribution in [0.3, 0.4) is 0 Å². The summed E-state index contributed by atoms with van der Waals surface area (Å²) in [4.78, 5) is 35.4. The monoisotopic (exact) mass is 400 g/mol. The molecule has 25 heavy (non-hydrogen) atoms. The number of hydrogen-bond acceptors (Lipinski definition) is 4. The number of hydrogen-bond donors (Lipinski definition) is 2. The Bertz CT molecular complexity index is 789. The van der Waals surface area contributed by atoms with Crippen LogP contribution in [0.4, 0.5) is 0 Å². The van der Waals surface area contributed by atoms with Crippen LogP contribution in [0.1, 0.15) is 20.7 Å². The smallest absolute Gasteiger partial charge is 0.341 e. The van der Waals surface area contributed by atoms with Crippen molar-refractivity contribution in [1.82, 2.24) is 10.9 Å². The number of esters is 1. The molecule has 0 atom stereocenters. The average molecular weight is 402 g/mol. The third-order valence-corrected chi connectivity index (χ3v) is 3.81. The Morgan fingerprint density at radius 1 is 0.880 bits per heavy atom. The number of benzene rings is 2. The van der Waals surface area contributed by atoms with Crippen molar-refractivity contribution in [2.75, 3.05) is 6.61 Å². The third kappa shape index (κ3) is 5.35. The van der Waals surface area contributed by atoms with Crippen LogP contribution in [-0.4, -0.2) is 24.4 Å². The molecule has 0 saturated carbocycles. The van der Waals surface area contributed by atoms with Gasteiger partial charge in [0.25, 0.3) is 11.8 Å². The van der Waals surface area contributed by atoms with Gasteiger partial charge < -0.3 is 4.74 Å². The van der Waals surface area contributed by atoms with Gasteiger partial charge in [-0.2, -0.15) is 0 Å². The molecule has 0 spiro atoms. The van der Waals surface area contributed by atoms with Gasteiger partial charge in [-0.25, -0.2) is 4.79 Å². The van der Waals surface area contributed by atoms with E-state index in [1.165, 1.54) is 36.4 Å². The van der Waals surface area contributed by atoms with Crippen LogP contribution in [0.15, 0.2) is 42.5 Å². The average Bonchev–Trinajstić information content (AvgIpc) is 2.58. The topological polar surface area (TPSA) is 84.5 Å². The van der Waals surface area contributed by atoms with Crippen LogP contribution >= 0.6 is 34.8 Å². The summed E-state index contributed by atoms with van der Waals surface area (Å²) in [5.74, 6) is -2.14. The Hall–Kier alpha value is -2.28. The lowest BCUT2D eigenvalue weighted by atomic mass is 10.2. The third-order valence-electron chi connectivity index (χ3n) is 2.92. The Morgan fingerprint density at radius 2 is 1.48 bits per heavy atom. The minimum absolute atomic E-state index is 0.0381. The van der Waals surface area contributed by atoms with Gasteiger partial charge in [0.05, 0.1) is 15.6 Å². The van der Waals surface area contributed by atoms with E-state index < -0.39 is 24.4 Å². The first kappa shape index (κ1) is 19.1. The molecule has 0 aromatic heterocycles. The predicted octanol–water partition coefficient (Wildman–Crippen LogP) is 3.26. The molecule has 0 saturated heterocycles. The second kappa shape index (κ2) is 8.71. The van der Waals surface area contributed by atoms with E-state index in [4.69, 9.17) is 39.5 Å². The molecule has 2 amide bonds. The minimum Gasteiger partial charge on any atom is -0.452 e. The molecular formula is C16H11Cl3N2O4. The number of hydrazine groups is 1. The van der Waals surface area contributed by atoms with Crippen molar-refractivity contribution in [2.45, 2.75) is 0 Å². The summed E-state index contributed by atoms with van der Waals surface area (Å²) in [5, 5.41) is 0.689. The Kier molecular flexibility index (Phi) is 6.64. The highest BCUT2D eigenvalue weighted by Crippen LogP contribution is 2.24. The Morgan fingerprint density at radius 3 is 2.08 bits per heavy atom. The van der Waals surface area contributed by atoms with Gasteiger partial charge in [-0.15, -0.1) is 0 Å². The molecule has 9 heteroatoms. The van der Waals surface area contributed by atoms with Crippen molar-refractivity contribution in [3.63, 3.8) is 0 Å². The fourth-order valence-corrected chi connectivity index (χ4v) is 2.41. The van der Waals surface area contributed by atoms with Crippen LogP contribution in [0, 0.1) is 0 Å². The highest BCUT2D eigenvalue weighted by atomic mass is 35.5. The number of halogens is 3. The Labute approximate surface area is 158 Å². The molecule has 0 heterocycles. The number of ether oxygens (including phenoxy) is 1. The fourth-order valence-electron chi connectivity index (χ4n) is 1.73. The van der Waals surface area contributed by atoms with Crippen LogP contribution in [0.2, 0.25) is 15.1 Å². The van der Waals surface area contributed by atoms with Crippen molar-refractivity contribution >= 4 is 52.6 Å². The summed E-state index contributed by atoms with van der Waals surface area (Å²) in [6.07, 6.45) is 0. The molecule has 0 aliphatic carbocycles. The lowest BCUT2D eigenvalue weighted by Crippen LogP contribution is -2.43. The number of carbonyl (C=O) groups excluding carboxylic acids is 3. The first-order valence-corrected chi connectivity index (χ1v) is 7.97. The minimum atomic E-state index is -0.852. The van der Waals surface area contributed by atoms with E-state index in [0.717, 1.165) is 0 Å². The largest absolute Gasteiger partial charge is 0.452 e. The van der Waals surface area contributed by atoms with Gasteiger partial charge in [0.1, 0.15) is 0 Å². The normalized spacial score (nSPS) is 10.0. The van der Waals surface area contributed by atoms with Crippen LogP contribution in [0.25, 0.3) is 0 Å². The molecule has 130 valence electrons. The quantitative estimate of drug-likeness (QED) is 0.608. The van der Waals surface area contributed by atoms with E-state index >= 15 is 0 Å². The van der Waals surface area contributed by atoms with E-state index in [2.05, 4.69) is 10.9 Å². The van der Waals surface area contributed by atoms with E-state index in [0.29, 0.717) is 10.6 Å². The number of amides is 2. The lowest BCUT2D eigenvalue weighted by molar-refractivity contribution is -0.125. The van der Waals surface area contributed by atoms with E-state index in [-0.39, 0.29) is 15.6 Å². The van der Waals surface area contributed by atoms with Gasteiger partial charge in [0.2, 0.25) is 0 Å². The maximum atomic E-state index is 11.9. The van der Waals surface area contributed by atoms with Crippen molar-refractivity contribution in [3.8, 4) is 0 Å². The first-order chi connectivity index (χ1) is 11.9. The molecule has 2 aromatic carbocycles. The number of rotatable bonds is 4. The standard InChI is InChI=1S/C16H11Cl3N2O4/c17-10-6-4-9(5-7-10)15(23)21-20-13(22)8-25-16(24)14-11(18)2-1-3-12(14)19/h1-7H,8H2,(H,20,22)(H,21,23). The van der Waals surface area contributed by atoms with E-state index in [9.17, 15) is 14.4 Å². The summed E-state index contributed by atoms with van der Waals surface area (Å²) in [7, 11) is 0. The van der Waals surface area contributed by atoms with Gasteiger partial charge in [0, 0.05) is 10.6 Å². The van der Waals surface area contributed by atoms with Crippen molar-refractivity contribution in [2.24, 2.45) is 0 Å². The highest BCUT2D eigenvalue weighted by Gasteiger charge is 2.17. The van der Waals surface area contributed by atoms with Crippen molar-refractivity contribution in [1.29, 1.82) is 0 Å². The molecular weight excluding hydrogens is 391 g/mol. The van der Waals surface area contributed by atoms with Crippen LogP contribution in [0.5, 0.6) is 0 Å². The number of carbonyl (C=O) groups is 3. The maximum Gasteiger partial charge on any atom is 0.341 e. The summed E-state index contributed by atoms with van der Waals surface area (Å²) < 4.78 is 4.82. The van der Waals surface area contributed by atoms with E-state index in [1.54, 1.807) is 6.07 Å². The van der Waals surface area contributed by atoms with Crippen LogP contribution < -0.4 is 10.9 Å². The van der Waals surface area contributed by atoms with Gasteiger partial charge in [0.15, 0.2) is 6.61 Å².